The molecule has 7 heteroatoms. The maximum atomic E-state index is 11.2. The molecular formula is C10H12N4O2S. The molecule has 0 aliphatic carbocycles. The van der Waals surface area contributed by atoms with Crippen LogP contribution < -0.4 is 5.32 Å². The third kappa shape index (κ3) is 2.62. The normalized spacial score (nSPS) is 12.1. The van der Waals surface area contributed by atoms with Gasteiger partial charge < -0.3 is 15.0 Å². The number of carbonyl (C=O) groups is 1. The third-order valence-electron chi connectivity index (χ3n) is 2.17. The Morgan fingerprint density at radius 1 is 1.65 bits per heavy atom. The smallest absolute Gasteiger partial charge is 0.357 e. The standard InChI is InChI=1S/C10H12N4O2S/c1-6(8-11-3-4-12-8)13-10-14-7(5-17-10)9(15)16-2/h3-6H,1-2H3,(H,11,12)(H,13,14). The second kappa shape index (κ2) is 4.96. The predicted molar refractivity (Wildman–Crippen MR) is 64.1 cm³/mol. The summed E-state index contributed by atoms with van der Waals surface area (Å²) in [6.45, 7) is 1.96. The Balaban J connectivity index is 2.04. The van der Waals surface area contributed by atoms with Crippen LogP contribution in [0.4, 0.5) is 5.13 Å². The Morgan fingerprint density at radius 2 is 2.47 bits per heavy atom. The molecule has 0 spiro atoms. The lowest BCUT2D eigenvalue weighted by atomic mass is 10.3. The monoisotopic (exact) mass is 252 g/mol. The van der Waals surface area contributed by atoms with Gasteiger partial charge in [-0.3, -0.25) is 0 Å². The summed E-state index contributed by atoms with van der Waals surface area (Å²) in [4.78, 5) is 22.5. The van der Waals surface area contributed by atoms with Gasteiger partial charge in [0, 0.05) is 17.8 Å². The van der Waals surface area contributed by atoms with E-state index in [2.05, 4.69) is 25.0 Å². The molecule has 0 saturated heterocycles. The second-order valence-electron chi connectivity index (χ2n) is 3.37. The number of imidazole rings is 1. The molecule has 0 amide bonds. The molecule has 0 saturated carbocycles. The van der Waals surface area contributed by atoms with E-state index in [-0.39, 0.29) is 6.04 Å². The number of anilines is 1. The van der Waals surface area contributed by atoms with Gasteiger partial charge in [0.2, 0.25) is 0 Å². The molecule has 17 heavy (non-hydrogen) atoms. The highest BCUT2D eigenvalue weighted by Crippen LogP contribution is 2.20. The van der Waals surface area contributed by atoms with Crippen molar-refractivity contribution < 1.29 is 9.53 Å². The number of hydrogen-bond acceptors (Lipinski definition) is 6. The van der Waals surface area contributed by atoms with Crippen molar-refractivity contribution in [3.8, 4) is 0 Å². The van der Waals surface area contributed by atoms with E-state index in [1.54, 1.807) is 17.8 Å². The summed E-state index contributed by atoms with van der Waals surface area (Å²) in [5.41, 5.74) is 0.312. The molecule has 2 rings (SSSR count). The molecule has 2 N–H and O–H groups in total. The number of aromatic amines is 1. The van der Waals surface area contributed by atoms with E-state index in [0.29, 0.717) is 10.8 Å². The first-order valence-corrected chi connectivity index (χ1v) is 5.88. The van der Waals surface area contributed by atoms with Crippen molar-refractivity contribution in [1.29, 1.82) is 0 Å². The molecule has 1 unspecified atom stereocenters. The molecule has 0 aliphatic heterocycles. The number of thiazole rings is 1. The Labute approximate surface area is 102 Å². The van der Waals surface area contributed by atoms with Crippen molar-refractivity contribution in [3.63, 3.8) is 0 Å². The number of hydrogen-bond donors (Lipinski definition) is 2. The number of methoxy groups -OCH3 is 1. The first-order chi connectivity index (χ1) is 8.20. The van der Waals surface area contributed by atoms with Gasteiger partial charge in [-0.15, -0.1) is 11.3 Å². The van der Waals surface area contributed by atoms with E-state index in [9.17, 15) is 4.79 Å². The third-order valence-corrected chi connectivity index (χ3v) is 2.94. The minimum atomic E-state index is -0.431. The number of aromatic nitrogens is 3. The Kier molecular flexibility index (Phi) is 3.38. The zero-order chi connectivity index (χ0) is 12.3. The van der Waals surface area contributed by atoms with Crippen molar-refractivity contribution in [3.05, 3.63) is 29.3 Å². The lowest BCUT2D eigenvalue weighted by Gasteiger charge is -2.09. The van der Waals surface area contributed by atoms with E-state index in [4.69, 9.17) is 0 Å². The first-order valence-electron chi connectivity index (χ1n) is 5.00. The maximum Gasteiger partial charge on any atom is 0.357 e. The van der Waals surface area contributed by atoms with Gasteiger partial charge in [0.15, 0.2) is 10.8 Å². The highest BCUT2D eigenvalue weighted by Gasteiger charge is 2.13. The molecule has 1 atom stereocenters. The topological polar surface area (TPSA) is 79.9 Å². The van der Waals surface area contributed by atoms with E-state index in [1.165, 1.54) is 18.4 Å². The lowest BCUT2D eigenvalue weighted by Crippen LogP contribution is -2.08. The molecular weight excluding hydrogens is 240 g/mol. The Morgan fingerprint density at radius 3 is 3.12 bits per heavy atom. The molecule has 0 radical (unpaired) electrons. The summed E-state index contributed by atoms with van der Waals surface area (Å²) in [6, 6.07) is 0.00152. The molecule has 90 valence electrons. The van der Waals surface area contributed by atoms with Crippen LogP contribution in [0.3, 0.4) is 0 Å². The summed E-state index contributed by atoms with van der Waals surface area (Å²) in [6.07, 6.45) is 3.45. The summed E-state index contributed by atoms with van der Waals surface area (Å²) in [5, 5.41) is 5.47. The van der Waals surface area contributed by atoms with Crippen molar-refractivity contribution in [2.45, 2.75) is 13.0 Å². The van der Waals surface area contributed by atoms with Gasteiger partial charge in [-0.2, -0.15) is 0 Å². The molecule has 0 fully saturated rings. The van der Waals surface area contributed by atoms with Gasteiger partial charge in [-0.1, -0.05) is 0 Å². The zero-order valence-corrected chi connectivity index (χ0v) is 10.2. The molecule has 0 aliphatic rings. The summed E-state index contributed by atoms with van der Waals surface area (Å²) in [5.74, 6) is 0.389. The molecule has 2 aromatic rings. The van der Waals surface area contributed by atoms with Crippen molar-refractivity contribution in [2.75, 3.05) is 12.4 Å². The molecule has 0 aromatic carbocycles. The lowest BCUT2D eigenvalue weighted by molar-refractivity contribution is 0.0595. The van der Waals surface area contributed by atoms with Crippen LogP contribution in [0.2, 0.25) is 0 Å². The van der Waals surface area contributed by atoms with Gasteiger partial charge in [-0.05, 0) is 6.92 Å². The van der Waals surface area contributed by atoms with Crippen molar-refractivity contribution in [2.24, 2.45) is 0 Å². The number of rotatable bonds is 4. The van der Waals surface area contributed by atoms with Gasteiger partial charge in [-0.25, -0.2) is 14.8 Å². The zero-order valence-electron chi connectivity index (χ0n) is 9.43. The van der Waals surface area contributed by atoms with Crippen LogP contribution in [0.15, 0.2) is 17.8 Å². The Hall–Kier alpha value is -1.89. The van der Waals surface area contributed by atoms with Gasteiger partial charge in [0.25, 0.3) is 0 Å². The summed E-state index contributed by atoms with van der Waals surface area (Å²) >= 11 is 1.35. The van der Waals surface area contributed by atoms with E-state index >= 15 is 0 Å². The van der Waals surface area contributed by atoms with Crippen LogP contribution in [-0.2, 0) is 4.74 Å². The van der Waals surface area contributed by atoms with E-state index in [0.717, 1.165) is 5.82 Å². The number of nitrogens with zero attached hydrogens (tertiary/aromatic N) is 2. The highest BCUT2D eigenvalue weighted by molar-refractivity contribution is 7.13. The van der Waals surface area contributed by atoms with Crippen molar-refractivity contribution in [1.82, 2.24) is 15.0 Å². The van der Waals surface area contributed by atoms with Crippen LogP contribution in [-0.4, -0.2) is 28.0 Å². The Bertz CT molecular complexity index is 494. The molecule has 6 nitrogen and oxygen atoms in total. The van der Waals surface area contributed by atoms with Crippen LogP contribution in [0.25, 0.3) is 0 Å². The largest absolute Gasteiger partial charge is 0.464 e. The minimum Gasteiger partial charge on any atom is -0.464 e. The SMILES string of the molecule is COC(=O)c1csc(NC(C)c2ncc[nH]2)n1. The van der Waals surface area contributed by atoms with Crippen LogP contribution >= 0.6 is 11.3 Å². The summed E-state index contributed by atoms with van der Waals surface area (Å²) in [7, 11) is 1.33. The predicted octanol–water partition coefficient (Wildman–Crippen LogP) is 1.83. The van der Waals surface area contributed by atoms with Gasteiger partial charge in [0.05, 0.1) is 13.2 Å². The molecule has 2 aromatic heterocycles. The second-order valence-corrected chi connectivity index (χ2v) is 4.23. The fourth-order valence-corrected chi connectivity index (χ4v) is 2.07. The van der Waals surface area contributed by atoms with Crippen LogP contribution in [0, 0.1) is 0 Å². The van der Waals surface area contributed by atoms with Crippen molar-refractivity contribution >= 4 is 22.4 Å². The maximum absolute atomic E-state index is 11.2. The highest BCUT2D eigenvalue weighted by atomic mass is 32.1. The average molecular weight is 252 g/mol. The average Bonchev–Trinajstić information content (AvgIpc) is 2.98. The fraction of sp³-hybridized carbons (Fsp3) is 0.300. The quantitative estimate of drug-likeness (QED) is 0.811. The fourth-order valence-electron chi connectivity index (χ4n) is 1.31. The van der Waals surface area contributed by atoms with Crippen LogP contribution in [0.1, 0.15) is 29.3 Å². The molecule has 0 bridgehead atoms. The van der Waals surface area contributed by atoms with Gasteiger partial charge in [0.1, 0.15) is 5.82 Å². The van der Waals surface area contributed by atoms with E-state index < -0.39 is 5.97 Å². The van der Waals surface area contributed by atoms with Gasteiger partial charge >= 0.3 is 5.97 Å². The number of nitrogens with one attached hydrogen (secondary N) is 2. The number of ether oxygens (including phenoxy) is 1. The van der Waals surface area contributed by atoms with Crippen LogP contribution in [0.5, 0.6) is 0 Å². The first kappa shape index (κ1) is 11.6. The minimum absolute atomic E-state index is 0.00152. The number of esters is 1. The summed E-state index contributed by atoms with van der Waals surface area (Å²) < 4.78 is 4.59. The van der Waals surface area contributed by atoms with E-state index in [1.807, 2.05) is 6.92 Å². The number of carbonyl (C=O) groups excluding carboxylic acids is 1. The number of H-pyrrole nitrogens is 1. The molecule has 2 heterocycles.